The molecule has 0 saturated heterocycles. The van der Waals surface area contributed by atoms with Crippen LogP contribution in [0.4, 0.5) is 5.69 Å². The third-order valence-electron chi connectivity index (χ3n) is 2.37. The van der Waals surface area contributed by atoms with Gasteiger partial charge in [-0.3, -0.25) is 14.7 Å². The highest BCUT2D eigenvalue weighted by Gasteiger charge is 2.16. The highest BCUT2D eigenvalue weighted by atomic mass is 79.9. The molecule has 7 heteroatoms. The summed E-state index contributed by atoms with van der Waals surface area (Å²) in [7, 11) is 0. The van der Waals surface area contributed by atoms with Crippen LogP contribution in [0.1, 0.15) is 5.56 Å². The summed E-state index contributed by atoms with van der Waals surface area (Å²) >= 11 is 3.29. The molecule has 0 radical (unpaired) electrons. The molecule has 0 aliphatic heterocycles. The maximum atomic E-state index is 11.5. The van der Waals surface area contributed by atoms with Crippen LogP contribution in [0.15, 0.2) is 33.8 Å². The number of nitrogens with zero attached hydrogens (tertiary/aromatic N) is 2. The third kappa shape index (κ3) is 2.01. The molecule has 0 amide bonds. The maximum Gasteiger partial charge on any atom is 0.330 e. The van der Waals surface area contributed by atoms with Crippen LogP contribution in [0, 0.1) is 17.0 Å². The van der Waals surface area contributed by atoms with E-state index in [2.05, 4.69) is 20.9 Å². The van der Waals surface area contributed by atoms with Crippen molar-refractivity contribution in [3.05, 3.63) is 55.2 Å². The van der Waals surface area contributed by atoms with Gasteiger partial charge in [0, 0.05) is 28.5 Å². The zero-order chi connectivity index (χ0) is 12.6. The number of nitro groups is 1. The van der Waals surface area contributed by atoms with E-state index in [0.717, 1.165) is 0 Å². The molecule has 1 aromatic heterocycles. The molecule has 2 rings (SSSR count). The lowest BCUT2D eigenvalue weighted by atomic mass is 10.2. The van der Waals surface area contributed by atoms with Crippen LogP contribution >= 0.6 is 15.9 Å². The van der Waals surface area contributed by atoms with Gasteiger partial charge in [-0.25, -0.2) is 4.79 Å². The lowest BCUT2D eigenvalue weighted by Crippen LogP contribution is -2.14. The van der Waals surface area contributed by atoms with Crippen LogP contribution in [0.3, 0.4) is 0 Å². The Bertz CT molecular complexity index is 644. The summed E-state index contributed by atoms with van der Waals surface area (Å²) in [6.07, 6.45) is 2.99. The molecule has 1 N–H and O–H groups in total. The molecule has 0 saturated carbocycles. The van der Waals surface area contributed by atoms with E-state index >= 15 is 0 Å². The summed E-state index contributed by atoms with van der Waals surface area (Å²) in [6.45, 7) is 1.65. The summed E-state index contributed by atoms with van der Waals surface area (Å²) in [5, 5.41) is 10.8. The third-order valence-corrected chi connectivity index (χ3v) is 3.01. The predicted octanol–water partition coefficient (Wildman–Crippen LogP) is 2.14. The van der Waals surface area contributed by atoms with Crippen LogP contribution < -0.4 is 5.69 Å². The van der Waals surface area contributed by atoms with Crippen molar-refractivity contribution >= 4 is 21.6 Å². The highest BCUT2D eigenvalue weighted by Crippen LogP contribution is 2.28. The van der Waals surface area contributed by atoms with Gasteiger partial charge in [0.2, 0.25) is 0 Å². The number of nitrogens with one attached hydrogen (secondary N) is 1. The minimum atomic E-state index is -0.469. The highest BCUT2D eigenvalue weighted by molar-refractivity contribution is 9.10. The first-order chi connectivity index (χ1) is 8.00. The first-order valence-corrected chi connectivity index (χ1v) is 5.51. The standard InChI is InChI=1S/C10H8BrN3O3/c1-6-4-7(11)9(5-8(6)14(16)17)13-3-2-12-10(13)15/h2-5H,1H3,(H,12,15). The number of nitro benzene ring substituents is 1. The Hall–Kier alpha value is -1.89. The number of aromatic nitrogens is 2. The fraction of sp³-hybridized carbons (Fsp3) is 0.100. The van der Waals surface area contributed by atoms with E-state index in [-0.39, 0.29) is 11.4 Å². The molecule has 6 nitrogen and oxygen atoms in total. The monoisotopic (exact) mass is 297 g/mol. The van der Waals surface area contributed by atoms with Crippen LogP contribution in [0.2, 0.25) is 0 Å². The van der Waals surface area contributed by atoms with Crippen LogP contribution in [-0.2, 0) is 0 Å². The van der Waals surface area contributed by atoms with Gasteiger partial charge in [0.05, 0.1) is 10.6 Å². The lowest BCUT2D eigenvalue weighted by Gasteiger charge is -2.06. The van der Waals surface area contributed by atoms with Crippen molar-refractivity contribution < 1.29 is 4.92 Å². The molecule has 1 aromatic carbocycles. The zero-order valence-corrected chi connectivity index (χ0v) is 10.4. The van der Waals surface area contributed by atoms with E-state index in [0.29, 0.717) is 15.7 Å². The number of aryl methyl sites for hydroxylation is 1. The number of imidazole rings is 1. The smallest absolute Gasteiger partial charge is 0.312 e. The van der Waals surface area contributed by atoms with Crippen molar-refractivity contribution in [2.24, 2.45) is 0 Å². The van der Waals surface area contributed by atoms with Crippen LogP contribution in [0.5, 0.6) is 0 Å². The van der Waals surface area contributed by atoms with Gasteiger partial charge in [-0.2, -0.15) is 0 Å². The van der Waals surface area contributed by atoms with Crippen molar-refractivity contribution in [2.75, 3.05) is 0 Å². The lowest BCUT2D eigenvalue weighted by molar-refractivity contribution is -0.385. The van der Waals surface area contributed by atoms with Crippen LogP contribution in [-0.4, -0.2) is 14.5 Å². The van der Waals surface area contributed by atoms with Gasteiger partial charge < -0.3 is 4.98 Å². The van der Waals surface area contributed by atoms with Crippen molar-refractivity contribution in [1.29, 1.82) is 0 Å². The topological polar surface area (TPSA) is 80.9 Å². The van der Waals surface area contributed by atoms with E-state index in [1.807, 2.05) is 0 Å². The molecule has 17 heavy (non-hydrogen) atoms. The Balaban J connectivity index is 2.71. The average Bonchev–Trinajstić information content (AvgIpc) is 2.64. The molecule has 1 heterocycles. The van der Waals surface area contributed by atoms with Gasteiger partial charge in [0.25, 0.3) is 5.69 Å². The Morgan fingerprint density at radius 2 is 2.18 bits per heavy atom. The fourth-order valence-corrected chi connectivity index (χ4v) is 2.19. The van der Waals surface area contributed by atoms with E-state index in [1.54, 1.807) is 13.0 Å². The number of H-pyrrole nitrogens is 1. The number of hydrogen-bond acceptors (Lipinski definition) is 3. The summed E-state index contributed by atoms with van der Waals surface area (Å²) < 4.78 is 1.93. The van der Waals surface area contributed by atoms with Gasteiger partial charge in [-0.05, 0) is 28.9 Å². The SMILES string of the molecule is Cc1cc(Br)c(-n2cc[nH]c2=O)cc1[N+](=O)[O-]. The normalized spacial score (nSPS) is 10.5. The predicted molar refractivity (Wildman–Crippen MR) is 65.5 cm³/mol. The minimum Gasteiger partial charge on any atom is -0.312 e. The molecule has 0 aliphatic rings. The van der Waals surface area contributed by atoms with E-state index in [1.165, 1.54) is 23.0 Å². The second-order valence-electron chi connectivity index (χ2n) is 3.48. The number of rotatable bonds is 2. The van der Waals surface area contributed by atoms with Crippen LogP contribution in [0.25, 0.3) is 5.69 Å². The number of halogens is 1. The first-order valence-electron chi connectivity index (χ1n) is 4.71. The summed E-state index contributed by atoms with van der Waals surface area (Å²) in [5.74, 6) is 0. The van der Waals surface area contributed by atoms with Gasteiger partial charge in [-0.15, -0.1) is 0 Å². The molecule has 88 valence electrons. The molecule has 0 fully saturated rings. The van der Waals surface area contributed by atoms with Crippen molar-refractivity contribution in [1.82, 2.24) is 9.55 Å². The average molecular weight is 298 g/mol. The second-order valence-corrected chi connectivity index (χ2v) is 4.34. The van der Waals surface area contributed by atoms with Gasteiger partial charge in [0.15, 0.2) is 0 Å². The van der Waals surface area contributed by atoms with Gasteiger partial charge in [-0.1, -0.05) is 0 Å². The first kappa shape index (κ1) is 11.6. The molecule has 0 aliphatic carbocycles. The van der Waals surface area contributed by atoms with E-state index in [9.17, 15) is 14.9 Å². The Kier molecular flexibility index (Phi) is 2.84. The molecule has 0 unspecified atom stereocenters. The summed E-state index contributed by atoms with van der Waals surface area (Å²) in [5.41, 5.74) is 0.614. The molecule has 2 aromatic rings. The van der Waals surface area contributed by atoms with E-state index in [4.69, 9.17) is 0 Å². The molecular weight excluding hydrogens is 290 g/mol. The number of benzene rings is 1. The number of hydrogen-bond donors (Lipinski definition) is 1. The van der Waals surface area contributed by atoms with Crippen molar-refractivity contribution in [2.45, 2.75) is 6.92 Å². The quantitative estimate of drug-likeness (QED) is 0.681. The Labute approximate surface area is 104 Å². The maximum absolute atomic E-state index is 11.5. The molecule has 0 atom stereocenters. The molecule has 0 spiro atoms. The second kappa shape index (κ2) is 4.17. The summed E-state index contributed by atoms with van der Waals surface area (Å²) in [4.78, 5) is 24.3. The Morgan fingerprint density at radius 1 is 1.47 bits per heavy atom. The van der Waals surface area contributed by atoms with E-state index < -0.39 is 4.92 Å². The van der Waals surface area contributed by atoms with Gasteiger partial charge >= 0.3 is 5.69 Å². The van der Waals surface area contributed by atoms with Crippen molar-refractivity contribution in [3.8, 4) is 5.69 Å². The minimum absolute atomic E-state index is 0.0173. The van der Waals surface area contributed by atoms with Gasteiger partial charge in [0.1, 0.15) is 0 Å². The number of aromatic amines is 1. The summed E-state index contributed by atoms with van der Waals surface area (Å²) in [6, 6.07) is 2.99. The molecular formula is C10H8BrN3O3. The Morgan fingerprint density at radius 3 is 2.71 bits per heavy atom. The van der Waals surface area contributed by atoms with Crippen molar-refractivity contribution in [3.63, 3.8) is 0 Å². The zero-order valence-electron chi connectivity index (χ0n) is 8.81. The fourth-order valence-electron chi connectivity index (χ4n) is 1.54. The molecule has 0 bridgehead atoms. The largest absolute Gasteiger partial charge is 0.330 e.